The number of nitrogens with zero attached hydrogens (tertiary/aromatic N) is 3. The number of hydrogen-bond acceptors (Lipinski definition) is 6. The number of halogens is 1. The molecule has 1 aromatic rings. The summed E-state index contributed by atoms with van der Waals surface area (Å²) in [6.45, 7) is 0.270. The molecule has 0 aromatic carbocycles. The lowest BCUT2D eigenvalue weighted by molar-refractivity contribution is -0.153. The van der Waals surface area contributed by atoms with E-state index in [9.17, 15) is 9.90 Å². The molecule has 0 saturated heterocycles. The van der Waals surface area contributed by atoms with E-state index in [4.69, 9.17) is 16.3 Å². The van der Waals surface area contributed by atoms with Crippen molar-refractivity contribution >= 4 is 23.5 Å². The monoisotopic (exact) mass is 272 g/mol. The first-order chi connectivity index (χ1) is 8.55. The van der Waals surface area contributed by atoms with Crippen LogP contribution in [0.1, 0.15) is 19.3 Å². The minimum atomic E-state index is -0.798. The molecule has 1 fully saturated rings. The lowest BCUT2D eigenvalue weighted by atomic mass is 9.69. The van der Waals surface area contributed by atoms with Gasteiger partial charge in [-0.15, -0.1) is 0 Å². The predicted molar refractivity (Wildman–Crippen MR) is 63.8 cm³/mol. The van der Waals surface area contributed by atoms with E-state index in [0.29, 0.717) is 12.8 Å². The highest BCUT2D eigenvalue weighted by Gasteiger charge is 2.44. The Kier molecular flexibility index (Phi) is 3.51. The van der Waals surface area contributed by atoms with Gasteiger partial charge in [0.1, 0.15) is 0 Å². The summed E-state index contributed by atoms with van der Waals surface area (Å²) in [6.07, 6.45) is 2.24. The number of carboxylic acid groups (broad SMARTS) is 1. The number of hydrogen-bond donors (Lipinski definition) is 2. The van der Waals surface area contributed by atoms with Crippen LogP contribution in [0, 0.1) is 5.41 Å². The molecular weight excluding hydrogens is 260 g/mol. The Morgan fingerprint density at radius 3 is 2.72 bits per heavy atom. The van der Waals surface area contributed by atoms with Crippen molar-refractivity contribution < 1.29 is 14.6 Å². The molecule has 1 heterocycles. The van der Waals surface area contributed by atoms with E-state index < -0.39 is 11.4 Å². The first kappa shape index (κ1) is 12.8. The first-order valence-electron chi connectivity index (χ1n) is 5.48. The molecule has 8 heteroatoms. The summed E-state index contributed by atoms with van der Waals surface area (Å²) in [4.78, 5) is 22.7. The van der Waals surface area contributed by atoms with Crippen molar-refractivity contribution in [2.75, 3.05) is 19.0 Å². The highest BCUT2D eigenvalue weighted by molar-refractivity contribution is 6.28. The molecule has 0 amide bonds. The molecule has 0 bridgehead atoms. The molecule has 1 aliphatic rings. The third-order valence-corrected chi connectivity index (χ3v) is 3.29. The maximum atomic E-state index is 11.2. The third kappa shape index (κ3) is 2.45. The molecule has 7 nitrogen and oxygen atoms in total. The van der Waals surface area contributed by atoms with Gasteiger partial charge >= 0.3 is 12.0 Å². The van der Waals surface area contributed by atoms with Crippen LogP contribution in [0.25, 0.3) is 0 Å². The molecule has 0 aliphatic heterocycles. The van der Waals surface area contributed by atoms with E-state index in [2.05, 4.69) is 20.3 Å². The molecule has 18 heavy (non-hydrogen) atoms. The summed E-state index contributed by atoms with van der Waals surface area (Å²) in [5.74, 6) is -0.576. The van der Waals surface area contributed by atoms with Crippen LogP contribution in [0.15, 0.2) is 0 Å². The van der Waals surface area contributed by atoms with Crippen LogP contribution in [0.3, 0.4) is 0 Å². The van der Waals surface area contributed by atoms with Crippen molar-refractivity contribution in [3.05, 3.63) is 5.28 Å². The third-order valence-electron chi connectivity index (χ3n) is 3.12. The SMILES string of the molecule is COc1nc(Cl)nc(NCC2(C(=O)O)CCC2)n1. The summed E-state index contributed by atoms with van der Waals surface area (Å²) in [7, 11) is 1.42. The van der Waals surface area contributed by atoms with Crippen molar-refractivity contribution in [2.45, 2.75) is 19.3 Å². The zero-order chi connectivity index (χ0) is 13.2. The predicted octanol–water partition coefficient (Wildman–Crippen LogP) is 1.20. The largest absolute Gasteiger partial charge is 0.481 e. The van der Waals surface area contributed by atoms with Gasteiger partial charge in [-0.2, -0.15) is 15.0 Å². The van der Waals surface area contributed by atoms with Gasteiger partial charge in [0.15, 0.2) is 0 Å². The topological polar surface area (TPSA) is 97.2 Å². The second-order valence-corrected chi connectivity index (χ2v) is 4.55. The lowest BCUT2D eigenvalue weighted by Crippen LogP contribution is -2.43. The quantitative estimate of drug-likeness (QED) is 0.831. The molecule has 0 spiro atoms. The Morgan fingerprint density at radius 1 is 1.50 bits per heavy atom. The van der Waals surface area contributed by atoms with E-state index in [0.717, 1.165) is 6.42 Å². The van der Waals surface area contributed by atoms with E-state index >= 15 is 0 Å². The Hall–Kier alpha value is -1.63. The molecule has 0 unspecified atom stereocenters. The van der Waals surface area contributed by atoms with E-state index in [1.165, 1.54) is 7.11 Å². The van der Waals surface area contributed by atoms with Crippen molar-refractivity contribution in [1.82, 2.24) is 15.0 Å². The maximum Gasteiger partial charge on any atom is 0.322 e. The normalized spacial score (nSPS) is 16.8. The van der Waals surface area contributed by atoms with Crippen LogP contribution < -0.4 is 10.1 Å². The number of aliphatic carboxylic acids is 1. The smallest absolute Gasteiger partial charge is 0.322 e. The Labute approximate surface area is 109 Å². The van der Waals surface area contributed by atoms with Gasteiger partial charge in [0.25, 0.3) is 0 Å². The van der Waals surface area contributed by atoms with Gasteiger partial charge < -0.3 is 15.2 Å². The molecule has 1 saturated carbocycles. The molecule has 0 radical (unpaired) electrons. The van der Waals surface area contributed by atoms with E-state index in [1.54, 1.807) is 0 Å². The molecule has 0 atom stereocenters. The van der Waals surface area contributed by atoms with Crippen LogP contribution in [-0.2, 0) is 4.79 Å². The Bertz CT molecular complexity index is 464. The van der Waals surface area contributed by atoms with Crippen LogP contribution in [0.5, 0.6) is 6.01 Å². The van der Waals surface area contributed by atoms with Crippen molar-refractivity contribution in [3.8, 4) is 6.01 Å². The summed E-state index contributed by atoms with van der Waals surface area (Å²) >= 11 is 5.69. The van der Waals surface area contributed by atoms with Gasteiger partial charge in [-0.25, -0.2) is 0 Å². The molecule has 1 aromatic heterocycles. The number of ether oxygens (including phenoxy) is 1. The first-order valence-corrected chi connectivity index (χ1v) is 5.86. The fraction of sp³-hybridized carbons (Fsp3) is 0.600. The molecule has 2 N–H and O–H groups in total. The molecule has 1 aliphatic carbocycles. The van der Waals surface area contributed by atoms with Crippen LogP contribution >= 0.6 is 11.6 Å². The fourth-order valence-corrected chi connectivity index (χ4v) is 1.97. The second-order valence-electron chi connectivity index (χ2n) is 4.21. The van der Waals surface area contributed by atoms with Crippen molar-refractivity contribution in [1.29, 1.82) is 0 Å². The van der Waals surface area contributed by atoms with Crippen molar-refractivity contribution in [2.24, 2.45) is 5.41 Å². The van der Waals surface area contributed by atoms with Crippen LogP contribution in [0.2, 0.25) is 5.28 Å². The van der Waals surface area contributed by atoms with E-state index in [1.807, 2.05) is 0 Å². The number of rotatable bonds is 5. The van der Waals surface area contributed by atoms with Gasteiger partial charge in [0.2, 0.25) is 11.2 Å². The summed E-state index contributed by atoms with van der Waals surface area (Å²) < 4.78 is 4.85. The minimum absolute atomic E-state index is 0.00216. The summed E-state index contributed by atoms with van der Waals surface area (Å²) in [5, 5.41) is 12.1. The summed E-state index contributed by atoms with van der Waals surface area (Å²) in [5.41, 5.74) is -0.716. The van der Waals surface area contributed by atoms with E-state index in [-0.39, 0.29) is 23.8 Å². The van der Waals surface area contributed by atoms with Crippen LogP contribution in [0.4, 0.5) is 5.95 Å². The highest BCUT2D eigenvalue weighted by atomic mass is 35.5. The maximum absolute atomic E-state index is 11.2. The molecular formula is C10H13ClN4O3. The van der Waals surface area contributed by atoms with Gasteiger partial charge in [-0.3, -0.25) is 4.79 Å². The number of nitrogens with one attached hydrogen (secondary N) is 1. The zero-order valence-corrected chi connectivity index (χ0v) is 10.6. The van der Waals surface area contributed by atoms with Gasteiger partial charge in [0, 0.05) is 6.54 Å². The molecule has 2 rings (SSSR count). The average molecular weight is 273 g/mol. The van der Waals surface area contributed by atoms with Crippen LogP contribution in [-0.4, -0.2) is 39.7 Å². The number of carboxylic acids is 1. The number of anilines is 1. The number of methoxy groups -OCH3 is 1. The Balaban J connectivity index is 2.06. The fourth-order valence-electron chi connectivity index (χ4n) is 1.82. The number of aromatic nitrogens is 3. The Morgan fingerprint density at radius 2 is 2.22 bits per heavy atom. The second kappa shape index (κ2) is 4.93. The van der Waals surface area contributed by atoms with Gasteiger partial charge in [-0.1, -0.05) is 6.42 Å². The minimum Gasteiger partial charge on any atom is -0.481 e. The number of carbonyl (C=O) groups is 1. The summed E-state index contributed by atoms with van der Waals surface area (Å²) in [6, 6.07) is 0.0930. The average Bonchev–Trinajstić information content (AvgIpc) is 2.26. The zero-order valence-electron chi connectivity index (χ0n) is 9.81. The highest BCUT2D eigenvalue weighted by Crippen LogP contribution is 2.41. The van der Waals surface area contributed by atoms with Crippen molar-refractivity contribution in [3.63, 3.8) is 0 Å². The van der Waals surface area contributed by atoms with Gasteiger partial charge in [-0.05, 0) is 24.4 Å². The lowest BCUT2D eigenvalue weighted by Gasteiger charge is -2.37. The molecule has 98 valence electrons. The standard InChI is InChI=1S/C10H13ClN4O3/c1-18-9-14-7(11)13-8(15-9)12-5-10(6(16)17)3-2-4-10/h2-5H2,1H3,(H,16,17)(H,12,13,14,15). The van der Waals surface area contributed by atoms with Gasteiger partial charge in [0.05, 0.1) is 12.5 Å².